The number of aryl methyl sites for hydroxylation is 1. The third kappa shape index (κ3) is 1.89. The highest BCUT2D eigenvalue weighted by atomic mass is 16.3. The van der Waals surface area contributed by atoms with Gasteiger partial charge in [0.1, 0.15) is 5.76 Å². The molecule has 0 bridgehead atoms. The zero-order valence-corrected chi connectivity index (χ0v) is 9.25. The van der Waals surface area contributed by atoms with Crippen LogP contribution in [0.3, 0.4) is 0 Å². The lowest BCUT2D eigenvalue weighted by molar-refractivity contribution is 0.0898. The normalized spacial score (nSPS) is 16.1. The molecule has 80 valence electrons. The zero-order chi connectivity index (χ0) is 10.8. The van der Waals surface area contributed by atoms with Gasteiger partial charge in [0.05, 0.1) is 0 Å². The Bertz CT molecular complexity index is 399. The van der Waals surface area contributed by atoms with Crippen molar-refractivity contribution >= 4 is 11.9 Å². The van der Waals surface area contributed by atoms with Gasteiger partial charge in [0, 0.05) is 5.92 Å². The maximum atomic E-state index is 11.9. The van der Waals surface area contributed by atoms with Crippen LogP contribution in [-0.4, -0.2) is 5.78 Å². The summed E-state index contributed by atoms with van der Waals surface area (Å²) in [6, 6.07) is 1.91. The topological polar surface area (TPSA) is 30.2 Å². The number of allylic oxidation sites excluding steroid dienone is 1. The zero-order valence-electron chi connectivity index (χ0n) is 9.25. The average Bonchev–Trinajstić information content (AvgIpc) is 2.70. The molecule has 0 fully saturated rings. The highest BCUT2D eigenvalue weighted by Gasteiger charge is 2.20. The number of furan rings is 1. The molecule has 15 heavy (non-hydrogen) atoms. The molecule has 1 atom stereocenters. The largest absolute Gasteiger partial charge is 0.453 e. The van der Waals surface area contributed by atoms with Crippen LogP contribution in [0.4, 0.5) is 0 Å². The second-order valence-electron chi connectivity index (χ2n) is 4.11. The molecule has 1 unspecified atom stereocenters. The Morgan fingerprint density at radius 2 is 2.40 bits per heavy atom. The van der Waals surface area contributed by atoms with Gasteiger partial charge < -0.3 is 4.42 Å². The molecule has 0 spiro atoms. The summed E-state index contributed by atoms with van der Waals surface area (Å²) in [4.78, 5) is 11.9. The summed E-state index contributed by atoms with van der Waals surface area (Å²) >= 11 is 0. The molecule has 2 heteroatoms. The molecule has 1 aliphatic rings. The standard InChI is InChI=1S/C13H16O2/c1-3-9(2)13(14)12-8-10-6-4-5-7-11(10)15-12/h5,7-9H,3-4,6H2,1-2H3. The summed E-state index contributed by atoms with van der Waals surface area (Å²) in [7, 11) is 0. The number of rotatable bonds is 3. The molecule has 1 aromatic rings. The fourth-order valence-corrected chi connectivity index (χ4v) is 1.76. The van der Waals surface area contributed by atoms with Crippen LogP contribution in [0.5, 0.6) is 0 Å². The molecule has 0 aliphatic heterocycles. The summed E-state index contributed by atoms with van der Waals surface area (Å²) in [5.41, 5.74) is 1.17. The number of hydrogen-bond acceptors (Lipinski definition) is 2. The molecule has 0 amide bonds. The maximum absolute atomic E-state index is 11.9. The fraction of sp³-hybridized carbons (Fsp3) is 0.462. The molecule has 1 aromatic heterocycles. The molecule has 0 saturated carbocycles. The molecule has 0 aromatic carbocycles. The lowest BCUT2D eigenvalue weighted by atomic mass is 10.0. The Morgan fingerprint density at radius 1 is 1.60 bits per heavy atom. The molecule has 0 N–H and O–H groups in total. The summed E-state index contributed by atoms with van der Waals surface area (Å²) < 4.78 is 5.55. The lowest BCUT2D eigenvalue weighted by Gasteiger charge is -2.03. The second kappa shape index (κ2) is 4.05. The van der Waals surface area contributed by atoms with Crippen LogP contribution in [0.25, 0.3) is 6.08 Å². The maximum Gasteiger partial charge on any atom is 0.200 e. The minimum Gasteiger partial charge on any atom is -0.453 e. The summed E-state index contributed by atoms with van der Waals surface area (Å²) in [5, 5.41) is 0. The van der Waals surface area contributed by atoms with Gasteiger partial charge in [-0.3, -0.25) is 4.79 Å². The van der Waals surface area contributed by atoms with Gasteiger partial charge in [-0.15, -0.1) is 0 Å². The van der Waals surface area contributed by atoms with Crippen molar-refractivity contribution in [3.63, 3.8) is 0 Å². The Hall–Kier alpha value is -1.31. The average molecular weight is 204 g/mol. The predicted molar refractivity (Wildman–Crippen MR) is 59.8 cm³/mol. The third-order valence-corrected chi connectivity index (χ3v) is 2.99. The van der Waals surface area contributed by atoms with Crippen molar-refractivity contribution < 1.29 is 9.21 Å². The van der Waals surface area contributed by atoms with Crippen molar-refractivity contribution in [2.45, 2.75) is 33.1 Å². The Morgan fingerprint density at radius 3 is 3.07 bits per heavy atom. The summed E-state index contributed by atoms with van der Waals surface area (Å²) in [6.07, 6.45) is 6.95. The van der Waals surface area contributed by atoms with E-state index in [2.05, 4.69) is 6.08 Å². The number of carbonyl (C=O) groups excluding carboxylic acids is 1. The molecular weight excluding hydrogens is 188 g/mol. The number of Topliss-reactive ketones (excluding diaryl/α,β-unsaturated/α-hetero) is 1. The predicted octanol–water partition coefficient (Wildman–Crippen LogP) is 3.47. The number of ketones is 1. The van der Waals surface area contributed by atoms with Crippen molar-refractivity contribution in [1.82, 2.24) is 0 Å². The van der Waals surface area contributed by atoms with Crippen LogP contribution in [0.2, 0.25) is 0 Å². The first kappa shape index (κ1) is 10.2. The van der Waals surface area contributed by atoms with E-state index in [1.165, 1.54) is 5.56 Å². The van der Waals surface area contributed by atoms with E-state index in [1.807, 2.05) is 26.0 Å². The van der Waals surface area contributed by atoms with Crippen molar-refractivity contribution in [1.29, 1.82) is 0 Å². The highest BCUT2D eigenvalue weighted by molar-refractivity contribution is 5.95. The molecule has 2 nitrogen and oxygen atoms in total. The van der Waals surface area contributed by atoms with Gasteiger partial charge in [-0.05, 0) is 37.0 Å². The first-order chi connectivity index (χ1) is 7.22. The Kier molecular flexibility index (Phi) is 2.76. The smallest absolute Gasteiger partial charge is 0.200 e. The molecule has 0 saturated heterocycles. The van der Waals surface area contributed by atoms with Crippen LogP contribution >= 0.6 is 0 Å². The SMILES string of the molecule is CCC(C)C(=O)c1cc2c(o1)C=CCC2. The quantitative estimate of drug-likeness (QED) is 0.706. The van der Waals surface area contributed by atoms with Gasteiger partial charge in [0.25, 0.3) is 0 Å². The van der Waals surface area contributed by atoms with Crippen LogP contribution in [-0.2, 0) is 6.42 Å². The van der Waals surface area contributed by atoms with Gasteiger partial charge in [0.15, 0.2) is 5.76 Å². The van der Waals surface area contributed by atoms with Crippen LogP contribution in [0.1, 0.15) is 48.6 Å². The van der Waals surface area contributed by atoms with Gasteiger partial charge >= 0.3 is 0 Å². The highest BCUT2D eigenvalue weighted by Crippen LogP contribution is 2.25. The van der Waals surface area contributed by atoms with E-state index < -0.39 is 0 Å². The molecule has 1 heterocycles. The Balaban J connectivity index is 2.27. The number of carbonyl (C=O) groups is 1. The van der Waals surface area contributed by atoms with Gasteiger partial charge in [-0.25, -0.2) is 0 Å². The van der Waals surface area contributed by atoms with Gasteiger partial charge in [-0.1, -0.05) is 19.9 Å². The summed E-state index contributed by atoms with van der Waals surface area (Å²) in [6.45, 7) is 3.96. The van der Waals surface area contributed by atoms with E-state index in [4.69, 9.17) is 4.42 Å². The fourth-order valence-electron chi connectivity index (χ4n) is 1.76. The lowest BCUT2D eigenvalue weighted by Crippen LogP contribution is -2.08. The van der Waals surface area contributed by atoms with Crippen molar-refractivity contribution in [3.8, 4) is 0 Å². The molecule has 1 aliphatic carbocycles. The monoisotopic (exact) mass is 204 g/mol. The van der Waals surface area contributed by atoms with E-state index in [9.17, 15) is 4.79 Å². The third-order valence-electron chi connectivity index (χ3n) is 2.99. The molecule has 2 rings (SSSR count). The van der Waals surface area contributed by atoms with Crippen LogP contribution < -0.4 is 0 Å². The van der Waals surface area contributed by atoms with E-state index in [0.29, 0.717) is 5.76 Å². The number of hydrogen-bond donors (Lipinski definition) is 0. The molecular formula is C13H16O2. The van der Waals surface area contributed by atoms with E-state index >= 15 is 0 Å². The minimum atomic E-state index is 0.0570. The van der Waals surface area contributed by atoms with Crippen molar-refractivity contribution in [2.24, 2.45) is 5.92 Å². The summed E-state index contributed by atoms with van der Waals surface area (Å²) in [5.74, 6) is 1.58. The van der Waals surface area contributed by atoms with Gasteiger partial charge in [0.2, 0.25) is 5.78 Å². The van der Waals surface area contributed by atoms with Crippen molar-refractivity contribution in [2.75, 3.05) is 0 Å². The van der Waals surface area contributed by atoms with Crippen LogP contribution in [0, 0.1) is 5.92 Å². The van der Waals surface area contributed by atoms with Crippen molar-refractivity contribution in [3.05, 3.63) is 29.2 Å². The Labute approximate surface area is 90.0 Å². The first-order valence-electron chi connectivity index (χ1n) is 5.55. The van der Waals surface area contributed by atoms with Crippen LogP contribution in [0.15, 0.2) is 16.6 Å². The van der Waals surface area contributed by atoms with E-state index in [0.717, 1.165) is 25.0 Å². The van der Waals surface area contributed by atoms with E-state index in [-0.39, 0.29) is 11.7 Å². The minimum absolute atomic E-state index is 0.0570. The first-order valence-corrected chi connectivity index (χ1v) is 5.55. The second-order valence-corrected chi connectivity index (χ2v) is 4.11. The number of fused-ring (bicyclic) bond motifs is 1. The van der Waals surface area contributed by atoms with Gasteiger partial charge in [-0.2, -0.15) is 0 Å². The van der Waals surface area contributed by atoms with E-state index in [1.54, 1.807) is 0 Å². The molecule has 0 radical (unpaired) electrons.